The molecule has 0 aliphatic rings. The number of phenolic OH excluding ortho intramolecular Hbond substituents is 1. The highest BCUT2D eigenvalue weighted by atomic mass is 35.5. The minimum Gasteiger partial charge on any atom is -0.508 e. The third kappa shape index (κ3) is 2.90. The van der Waals surface area contributed by atoms with Crippen LogP contribution < -0.4 is 10.0 Å². The number of sulfonamides is 1. The van der Waals surface area contributed by atoms with Crippen molar-refractivity contribution in [3.63, 3.8) is 0 Å². The number of hydrogen-bond acceptors (Lipinski definition) is 4. The fourth-order valence-corrected chi connectivity index (χ4v) is 3.84. The van der Waals surface area contributed by atoms with Crippen molar-refractivity contribution in [2.24, 2.45) is 5.14 Å². The normalized spacial score (nSPS) is 11.5. The van der Waals surface area contributed by atoms with E-state index in [4.69, 9.17) is 16.7 Å². The molecule has 0 aliphatic heterocycles. The molecule has 2 aromatic rings. The van der Waals surface area contributed by atoms with Crippen LogP contribution >= 0.6 is 11.6 Å². The zero-order valence-electron chi connectivity index (χ0n) is 12.5. The molecule has 7 heteroatoms. The Kier molecular flexibility index (Phi) is 4.37. The van der Waals surface area contributed by atoms with Crippen LogP contribution in [0.4, 0.5) is 11.4 Å². The number of rotatable bonds is 3. The predicted molar refractivity (Wildman–Crippen MR) is 88.5 cm³/mol. The first-order chi connectivity index (χ1) is 10.1. The molecule has 0 bridgehead atoms. The standard InChI is InChI=1S/C15H17ClN2O3S/c1-9-6-4-5-7-12(9)18(3)14-10(2)13(19)8-11(16)15(14)22(17,20)21/h4-8,19H,1-3H3,(H2,17,20,21). The van der Waals surface area contributed by atoms with Crippen molar-refractivity contribution in [3.05, 3.63) is 46.5 Å². The molecule has 22 heavy (non-hydrogen) atoms. The fraction of sp³-hybridized carbons (Fsp3) is 0.200. The number of aryl methyl sites for hydroxylation is 1. The van der Waals surface area contributed by atoms with E-state index in [0.29, 0.717) is 5.56 Å². The van der Waals surface area contributed by atoms with Gasteiger partial charge in [-0.25, -0.2) is 13.6 Å². The maximum Gasteiger partial charge on any atom is 0.241 e. The van der Waals surface area contributed by atoms with Crippen LogP contribution in [0.2, 0.25) is 5.02 Å². The van der Waals surface area contributed by atoms with Gasteiger partial charge in [-0.1, -0.05) is 29.8 Å². The van der Waals surface area contributed by atoms with E-state index in [0.717, 1.165) is 11.3 Å². The summed E-state index contributed by atoms with van der Waals surface area (Å²) in [5.74, 6) is -0.0900. The van der Waals surface area contributed by atoms with Crippen molar-refractivity contribution in [2.45, 2.75) is 18.7 Å². The molecule has 118 valence electrons. The number of para-hydroxylation sites is 1. The van der Waals surface area contributed by atoms with E-state index in [1.54, 1.807) is 18.9 Å². The molecule has 0 saturated heterocycles. The molecule has 2 rings (SSSR count). The summed E-state index contributed by atoms with van der Waals surface area (Å²) >= 11 is 6.02. The van der Waals surface area contributed by atoms with Crippen LogP contribution in [0.3, 0.4) is 0 Å². The quantitative estimate of drug-likeness (QED) is 0.899. The molecule has 0 aromatic heterocycles. The molecule has 0 aliphatic carbocycles. The summed E-state index contributed by atoms with van der Waals surface area (Å²) in [7, 11) is -2.35. The van der Waals surface area contributed by atoms with Crippen LogP contribution in [0.15, 0.2) is 35.2 Å². The minimum absolute atomic E-state index is 0.0900. The van der Waals surface area contributed by atoms with Crippen LogP contribution in [-0.4, -0.2) is 20.6 Å². The minimum atomic E-state index is -4.05. The zero-order valence-corrected chi connectivity index (χ0v) is 14.0. The van der Waals surface area contributed by atoms with Crippen molar-refractivity contribution in [2.75, 3.05) is 11.9 Å². The Morgan fingerprint density at radius 3 is 2.36 bits per heavy atom. The van der Waals surface area contributed by atoms with Gasteiger partial charge in [-0.05, 0) is 25.5 Å². The Morgan fingerprint density at radius 2 is 1.82 bits per heavy atom. The Balaban J connectivity index is 2.82. The van der Waals surface area contributed by atoms with E-state index < -0.39 is 10.0 Å². The number of phenols is 1. The van der Waals surface area contributed by atoms with Gasteiger partial charge >= 0.3 is 0 Å². The van der Waals surface area contributed by atoms with Crippen LogP contribution in [0.1, 0.15) is 11.1 Å². The molecule has 3 N–H and O–H groups in total. The second-order valence-corrected chi connectivity index (χ2v) is 6.98. The van der Waals surface area contributed by atoms with Gasteiger partial charge in [0, 0.05) is 24.4 Å². The van der Waals surface area contributed by atoms with Gasteiger partial charge in [0.05, 0.1) is 10.7 Å². The van der Waals surface area contributed by atoms with Crippen molar-refractivity contribution >= 4 is 33.0 Å². The molecule has 0 unspecified atom stereocenters. The van der Waals surface area contributed by atoms with Crippen LogP contribution in [0.25, 0.3) is 0 Å². The van der Waals surface area contributed by atoms with Crippen molar-refractivity contribution in [3.8, 4) is 5.75 Å². The fourth-order valence-electron chi connectivity index (χ4n) is 2.43. The summed E-state index contributed by atoms with van der Waals surface area (Å²) < 4.78 is 23.9. The molecule has 0 atom stereocenters. The Hall–Kier alpha value is -1.76. The van der Waals surface area contributed by atoms with Gasteiger partial charge in [-0.2, -0.15) is 0 Å². The van der Waals surface area contributed by atoms with Gasteiger partial charge in [-0.15, -0.1) is 0 Å². The second kappa shape index (κ2) is 5.79. The lowest BCUT2D eigenvalue weighted by molar-refractivity contribution is 0.470. The number of primary sulfonamides is 1. The van der Waals surface area contributed by atoms with Crippen LogP contribution in [0.5, 0.6) is 5.75 Å². The van der Waals surface area contributed by atoms with Gasteiger partial charge in [0.25, 0.3) is 0 Å². The highest BCUT2D eigenvalue weighted by Gasteiger charge is 2.26. The predicted octanol–water partition coefficient (Wildman–Crippen LogP) is 3.08. The molecule has 0 radical (unpaired) electrons. The number of nitrogens with zero attached hydrogens (tertiary/aromatic N) is 1. The molecule has 0 spiro atoms. The van der Waals surface area contributed by atoms with Gasteiger partial charge in [0.2, 0.25) is 10.0 Å². The average molecular weight is 341 g/mol. The lowest BCUT2D eigenvalue weighted by Crippen LogP contribution is -2.20. The Bertz CT molecular complexity index is 835. The van der Waals surface area contributed by atoms with E-state index in [1.807, 2.05) is 31.2 Å². The third-order valence-corrected chi connectivity index (χ3v) is 4.92. The van der Waals surface area contributed by atoms with Gasteiger partial charge < -0.3 is 10.0 Å². The number of aromatic hydroxyl groups is 1. The smallest absolute Gasteiger partial charge is 0.241 e. The molecular formula is C15H17ClN2O3S. The number of benzene rings is 2. The Morgan fingerprint density at radius 1 is 1.23 bits per heavy atom. The molecule has 0 fully saturated rings. The van der Waals surface area contributed by atoms with Crippen molar-refractivity contribution in [1.29, 1.82) is 0 Å². The maximum absolute atomic E-state index is 11.9. The first-order valence-electron chi connectivity index (χ1n) is 6.48. The Labute approximate surface area is 135 Å². The van der Waals surface area contributed by atoms with Crippen molar-refractivity contribution < 1.29 is 13.5 Å². The summed E-state index contributed by atoms with van der Waals surface area (Å²) in [5.41, 5.74) is 2.39. The van der Waals surface area contributed by atoms with Crippen LogP contribution in [-0.2, 0) is 10.0 Å². The lowest BCUT2D eigenvalue weighted by atomic mass is 10.1. The zero-order chi connectivity index (χ0) is 16.7. The summed E-state index contributed by atoms with van der Waals surface area (Å²) in [4.78, 5) is 1.46. The van der Waals surface area contributed by atoms with Crippen molar-refractivity contribution in [1.82, 2.24) is 0 Å². The summed E-state index contributed by atoms with van der Waals surface area (Å²) in [5, 5.41) is 15.2. The summed E-state index contributed by atoms with van der Waals surface area (Å²) in [6, 6.07) is 8.67. The molecule has 5 nitrogen and oxygen atoms in total. The SMILES string of the molecule is Cc1ccccc1N(C)c1c(C)c(O)cc(Cl)c1S(N)(=O)=O. The van der Waals surface area contributed by atoms with E-state index in [2.05, 4.69) is 0 Å². The van der Waals surface area contributed by atoms with E-state index in [-0.39, 0.29) is 21.4 Å². The maximum atomic E-state index is 11.9. The monoisotopic (exact) mass is 340 g/mol. The number of anilines is 2. The molecule has 0 saturated carbocycles. The van der Waals surface area contributed by atoms with E-state index in [9.17, 15) is 13.5 Å². The average Bonchev–Trinajstić information content (AvgIpc) is 2.41. The van der Waals surface area contributed by atoms with E-state index in [1.165, 1.54) is 6.07 Å². The summed E-state index contributed by atoms with van der Waals surface area (Å²) in [6.45, 7) is 3.52. The highest BCUT2D eigenvalue weighted by molar-refractivity contribution is 7.89. The summed E-state index contributed by atoms with van der Waals surface area (Å²) in [6.07, 6.45) is 0. The number of nitrogens with two attached hydrogens (primary N) is 1. The highest BCUT2D eigenvalue weighted by Crippen LogP contribution is 2.42. The molecular weight excluding hydrogens is 324 g/mol. The van der Waals surface area contributed by atoms with E-state index >= 15 is 0 Å². The molecule has 2 aromatic carbocycles. The number of halogens is 1. The number of hydrogen-bond donors (Lipinski definition) is 2. The second-order valence-electron chi connectivity index (χ2n) is 5.07. The first-order valence-corrected chi connectivity index (χ1v) is 8.41. The first kappa shape index (κ1) is 16.6. The molecule has 0 amide bonds. The van der Waals surface area contributed by atoms with Gasteiger partial charge in [0.1, 0.15) is 10.6 Å². The lowest BCUT2D eigenvalue weighted by Gasteiger charge is -2.26. The largest absolute Gasteiger partial charge is 0.508 e. The third-order valence-electron chi connectivity index (χ3n) is 3.53. The van der Waals surface area contributed by atoms with Crippen LogP contribution in [0, 0.1) is 13.8 Å². The van der Waals surface area contributed by atoms with Gasteiger partial charge in [0.15, 0.2) is 0 Å². The molecule has 0 heterocycles. The topological polar surface area (TPSA) is 83.6 Å². The van der Waals surface area contributed by atoms with Gasteiger partial charge in [-0.3, -0.25) is 0 Å².